The average molecular weight is 229 g/mol. The molecule has 1 fully saturated rings. The van der Waals surface area contributed by atoms with Gasteiger partial charge in [-0.05, 0) is 37.0 Å². The fraction of sp³-hybridized carbons (Fsp3) is 1.00. The average Bonchev–Trinajstić information content (AvgIpc) is 2.97. The van der Waals surface area contributed by atoms with Crippen molar-refractivity contribution in [2.24, 2.45) is 11.8 Å². The van der Waals surface area contributed by atoms with E-state index in [1.807, 2.05) is 0 Å². The predicted octanol–water partition coefficient (Wildman–Crippen LogP) is 3.54. The normalized spacial score (nSPS) is 18.4. The Hall–Kier alpha value is 0.310. The molecule has 0 spiro atoms. The molecule has 1 aliphatic carbocycles. The van der Waals surface area contributed by atoms with Crippen molar-refractivity contribution in [2.45, 2.75) is 52.5 Å². The summed E-state index contributed by atoms with van der Waals surface area (Å²) in [5.74, 6) is 4.52. The van der Waals surface area contributed by atoms with Crippen LogP contribution in [0.4, 0.5) is 0 Å². The van der Waals surface area contributed by atoms with Crippen molar-refractivity contribution < 1.29 is 0 Å². The highest BCUT2D eigenvalue weighted by atomic mass is 32.2. The maximum atomic E-state index is 3.69. The van der Waals surface area contributed by atoms with Gasteiger partial charge < -0.3 is 5.32 Å². The summed E-state index contributed by atoms with van der Waals surface area (Å²) in [4.78, 5) is 0. The van der Waals surface area contributed by atoms with Crippen molar-refractivity contribution in [3.63, 3.8) is 0 Å². The molecule has 2 heteroatoms. The van der Waals surface area contributed by atoms with Crippen molar-refractivity contribution in [3.8, 4) is 0 Å². The first-order valence-electron chi connectivity index (χ1n) is 6.53. The van der Waals surface area contributed by atoms with Crippen LogP contribution in [0.1, 0.15) is 46.5 Å². The minimum Gasteiger partial charge on any atom is -0.313 e. The van der Waals surface area contributed by atoms with Gasteiger partial charge in [-0.15, -0.1) is 0 Å². The minimum absolute atomic E-state index is 0.779. The van der Waals surface area contributed by atoms with Crippen LogP contribution in [0.25, 0.3) is 0 Å². The van der Waals surface area contributed by atoms with E-state index in [2.05, 4.69) is 37.8 Å². The summed E-state index contributed by atoms with van der Waals surface area (Å²) in [5.41, 5.74) is 0. The lowest BCUT2D eigenvalue weighted by Gasteiger charge is -2.18. The molecule has 15 heavy (non-hydrogen) atoms. The summed E-state index contributed by atoms with van der Waals surface area (Å²) in [7, 11) is 0. The molecular weight excluding hydrogens is 202 g/mol. The summed E-state index contributed by atoms with van der Waals surface area (Å²) < 4.78 is 0. The minimum atomic E-state index is 0.779. The maximum Gasteiger partial charge on any atom is 0.0160 e. The molecule has 1 unspecified atom stereocenters. The Morgan fingerprint density at radius 1 is 1.27 bits per heavy atom. The van der Waals surface area contributed by atoms with Crippen LogP contribution in [0.3, 0.4) is 0 Å². The largest absolute Gasteiger partial charge is 0.313 e. The van der Waals surface area contributed by atoms with E-state index in [0.29, 0.717) is 0 Å². The third kappa shape index (κ3) is 7.24. The van der Waals surface area contributed by atoms with Crippen LogP contribution in [0, 0.1) is 11.8 Å². The summed E-state index contributed by atoms with van der Waals surface area (Å²) in [6, 6.07) is 0.779. The van der Waals surface area contributed by atoms with Crippen molar-refractivity contribution in [3.05, 3.63) is 0 Å². The Morgan fingerprint density at radius 3 is 2.53 bits per heavy atom. The summed E-state index contributed by atoms with van der Waals surface area (Å²) in [6.07, 6.45) is 5.65. The molecule has 0 aromatic carbocycles. The second-order valence-electron chi connectivity index (χ2n) is 5.26. The fourth-order valence-electron chi connectivity index (χ4n) is 1.76. The summed E-state index contributed by atoms with van der Waals surface area (Å²) >= 11 is 2.13. The highest BCUT2D eigenvalue weighted by Crippen LogP contribution is 2.34. The van der Waals surface area contributed by atoms with Crippen LogP contribution in [-0.2, 0) is 0 Å². The molecule has 1 rings (SSSR count). The molecule has 1 N–H and O–H groups in total. The van der Waals surface area contributed by atoms with Crippen LogP contribution in [0.15, 0.2) is 0 Å². The number of thioether (sulfide) groups is 1. The lowest BCUT2D eigenvalue weighted by molar-refractivity contribution is 0.494. The van der Waals surface area contributed by atoms with Gasteiger partial charge in [0.05, 0.1) is 0 Å². The van der Waals surface area contributed by atoms with Crippen molar-refractivity contribution in [2.75, 3.05) is 18.1 Å². The van der Waals surface area contributed by atoms with E-state index in [4.69, 9.17) is 0 Å². The van der Waals surface area contributed by atoms with E-state index in [0.717, 1.165) is 17.9 Å². The zero-order valence-corrected chi connectivity index (χ0v) is 11.4. The quantitative estimate of drug-likeness (QED) is 0.649. The number of rotatable bonds is 9. The first-order valence-corrected chi connectivity index (χ1v) is 7.69. The van der Waals surface area contributed by atoms with Gasteiger partial charge in [0.15, 0.2) is 0 Å². The predicted molar refractivity (Wildman–Crippen MR) is 71.6 cm³/mol. The monoisotopic (exact) mass is 229 g/mol. The van der Waals surface area contributed by atoms with E-state index < -0.39 is 0 Å². The molecule has 0 heterocycles. The maximum absolute atomic E-state index is 3.69. The smallest absolute Gasteiger partial charge is 0.0160 e. The molecule has 1 saturated carbocycles. The Morgan fingerprint density at radius 2 is 2.00 bits per heavy atom. The van der Waals surface area contributed by atoms with Gasteiger partial charge in [-0.25, -0.2) is 0 Å². The lowest BCUT2D eigenvalue weighted by Crippen LogP contribution is -2.32. The van der Waals surface area contributed by atoms with Gasteiger partial charge in [0, 0.05) is 11.8 Å². The lowest BCUT2D eigenvalue weighted by atomic mass is 10.1. The molecule has 0 aromatic rings. The van der Waals surface area contributed by atoms with Crippen molar-refractivity contribution in [1.82, 2.24) is 5.32 Å². The van der Waals surface area contributed by atoms with Crippen LogP contribution >= 0.6 is 11.8 Å². The van der Waals surface area contributed by atoms with Crippen molar-refractivity contribution in [1.29, 1.82) is 0 Å². The number of hydrogen-bond acceptors (Lipinski definition) is 2. The van der Waals surface area contributed by atoms with E-state index in [9.17, 15) is 0 Å². The molecule has 90 valence electrons. The Balaban J connectivity index is 2.09. The van der Waals surface area contributed by atoms with Gasteiger partial charge >= 0.3 is 0 Å². The van der Waals surface area contributed by atoms with Crippen molar-refractivity contribution >= 4 is 11.8 Å². The third-order valence-electron chi connectivity index (χ3n) is 2.77. The van der Waals surface area contributed by atoms with Gasteiger partial charge in [-0.3, -0.25) is 0 Å². The second kappa shape index (κ2) is 7.56. The van der Waals surface area contributed by atoms with Crippen LogP contribution in [0.5, 0.6) is 0 Å². The Labute approximate surface area is 99.8 Å². The number of nitrogens with one attached hydrogen (secondary N) is 1. The van der Waals surface area contributed by atoms with Gasteiger partial charge in [0.2, 0.25) is 0 Å². The highest BCUT2D eigenvalue weighted by molar-refractivity contribution is 7.99. The van der Waals surface area contributed by atoms with Gasteiger partial charge in [0.25, 0.3) is 0 Å². The molecular formula is C13H27NS. The standard InChI is InChI=1S/C13H27NS/c1-4-7-14-13(8-12-5-6-12)10-15-9-11(2)3/h11-14H,4-10H2,1-3H3. The molecule has 0 saturated heterocycles. The van der Waals surface area contributed by atoms with E-state index in [1.54, 1.807) is 0 Å². The van der Waals surface area contributed by atoms with Gasteiger partial charge in [-0.1, -0.05) is 33.6 Å². The first kappa shape index (κ1) is 13.4. The van der Waals surface area contributed by atoms with Gasteiger partial charge in [-0.2, -0.15) is 11.8 Å². The summed E-state index contributed by atoms with van der Waals surface area (Å²) in [6.45, 7) is 8.06. The summed E-state index contributed by atoms with van der Waals surface area (Å²) in [5, 5.41) is 3.69. The van der Waals surface area contributed by atoms with Gasteiger partial charge in [0.1, 0.15) is 0 Å². The van der Waals surface area contributed by atoms with E-state index >= 15 is 0 Å². The third-order valence-corrected chi connectivity index (χ3v) is 4.31. The molecule has 0 amide bonds. The topological polar surface area (TPSA) is 12.0 Å². The van der Waals surface area contributed by atoms with E-state index in [-0.39, 0.29) is 0 Å². The molecule has 0 aliphatic heterocycles. The van der Waals surface area contributed by atoms with Crippen LogP contribution in [-0.4, -0.2) is 24.1 Å². The molecule has 0 aromatic heterocycles. The molecule has 1 nitrogen and oxygen atoms in total. The van der Waals surface area contributed by atoms with E-state index in [1.165, 1.54) is 43.7 Å². The SMILES string of the molecule is CCCNC(CSCC(C)C)CC1CC1. The number of hydrogen-bond donors (Lipinski definition) is 1. The second-order valence-corrected chi connectivity index (χ2v) is 6.34. The van der Waals surface area contributed by atoms with Crippen LogP contribution in [0.2, 0.25) is 0 Å². The zero-order chi connectivity index (χ0) is 11.1. The fourth-order valence-corrected chi connectivity index (χ4v) is 2.91. The van der Waals surface area contributed by atoms with Crippen LogP contribution < -0.4 is 5.32 Å². The Kier molecular flexibility index (Phi) is 6.74. The first-order chi connectivity index (χ1) is 7.22. The zero-order valence-electron chi connectivity index (χ0n) is 10.6. The highest BCUT2D eigenvalue weighted by Gasteiger charge is 2.24. The molecule has 1 atom stereocenters. The molecule has 1 aliphatic rings. The Bertz CT molecular complexity index is 155. The molecule has 0 radical (unpaired) electrons. The molecule has 0 bridgehead atoms.